The Kier molecular flexibility index (Phi) is 6.21. The van der Waals surface area contributed by atoms with Gasteiger partial charge >= 0.3 is 5.97 Å². The third-order valence-corrected chi connectivity index (χ3v) is 3.60. The van der Waals surface area contributed by atoms with Crippen LogP contribution in [0.2, 0.25) is 0 Å². The van der Waals surface area contributed by atoms with Crippen LogP contribution in [0, 0.1) is 5.92 Å². The number of thiocarbonyl (C=S) groups is 1. The van der Waals surface area contributed by atoms with Crippen molar-refractivity contribution in [3.8, 4) is 0 Å². The number of nitrogens with zero attached hydrogens (tertiary/aromatic N) is 1. The Hall–Kier alpha value is -1.17. The third-order valence-electron chi connectivity index (χ3n) is 3.31. The normalized spacial score (nSPS) is 20.1. The fraction of sp³-hybridized carbons (Fsp3) is 0.769. The summed E-state index contributed by atoms with van der Waals surface area (Å²) in [5.74, 6) is -0.925. The lowest BCUT2D eigenvalue weighted by molar-refractivity contribution is -0.153. The van der Waals surface area contributed by atoms with Crippen molar-refractivity contribution in [2.24, 2.45) is 11.7 Å². The average molecular weight is 286 g/mol. The summed E-state index contributed by atoms with van der Waals surface area (Å²) < 4.78 is 5.01. The molecule has 6 heteroatoms. The molecule has 19 heavy (non-hydrogen) atoms. The first-order valence-corrected chi connectivity index (χ1v) is 7.20. The molecule has 0 radical (unpaired) electrons. The summed E-state index contributed by atoms with van der Waals surface area (Å²) >= 11 is 4.96. The zero-order chi connectivity index (χ0) is 14.4. The largest absolute Gasteiger partial charge is 0.464 e. The molecule has 108 valence electrons. The second kappa shape index (κ2) is 7.43. The van der Waals surface area contributed by atoms with Crippen LogP contribution in [0.5, 0.6) is 0 Å². The van der Waals surface area contributed by atoms with Crippen LogP contribution < -0.4 is 5.73 Å². The molecule has 2 N–H and O–H groups in total. The number of likely N-dealkylation sites (tertiary alicyclic amines) is 1. The van der Waals surface area contributed by atoms with Gasteiger partial charge in [-0.05, 0) is 26.2 Å². The van der Waals surface area contributed by atoms with E-state index in [0.29, 0.717) is 26.0 Å². The quantitative estimate of drug-likeness (QED) is 0.587. The van der Waals surface area contributed by atoms with Crippen LogP contribution in [0.25, 0.3) is 0 Å². The molecule has 1 aliphatic heterocycles. The van der Waals surface area contributed by atoms with E-state index in [9.17, 15) is 9.59 Å². The predicted molar refractivity (Wildman–Crippen MR) is 76.6 cm³/mol. The summed E-state index contributed by atoms with van der Waals surface area (Å²) in [6.07, 6.45) is 2.91. The summed E-state index contributed by atoms with van der Waals surface area (Å²) in [6, 6.07) is -0.471. The highest BCUT2D eigenvalue weighted by Crippen LogP contribution is 2.23. The van der Waals surface area contributed by atoms with Gasteiger partial charge in [0.25, 0.3) is 0 Å². The first kappa shape index (κ1) is 15.9. The van der Waals surface area contributed by atoms with Crippen LogP contribution >= 0.6 is 12.2 Å². The Morgan fingerprint density at radius 2 is 2.16 bits per heavy atom. The van der Waals surface area contributed by atoms with Gasteiger partial charge in [-0.1, -0.05) is 25.6 Å². The van der Waals surface area contributed by atoms with Crippen LogP contribution in [0.4, 0.5) is 0 Å². The maximum absolute atomic E-state index is 12.4. The van der Waals surface area contributed by atoms with Crippen LogP contribution in [0.15, 0.2) is 0 Å². The molecule has 0 spiro atoms. The fourth-order valence-corrected chi connectivity index (χ4v) is 2.61. The second-order valence-electron chi connectivity index (χ2n) is 4.69. The number of carbonyl (C=O) groups excluding carboxylic acids is 2. The molecule has 5 nitrogen and oxygen atoms in total. The molecular weight excluding hydrogens is 264 g/mol. The predicted octanol–water partition coefficient (Wildman–Crippen LogP) is 1.24. The van der Waals surface area contributed by atoms with E-state index in [1.165, 1.54) is 0 Å². The van der Waals surface area contributed by atoms with Gasteiger partial charge in [0.1, 0.15) is 6.04 Å². The Morgan fingerprint density at radius 3 is 2.68 bits per heavy atom. The second-order valence-corrected chi connectivity index (χ2v) is 5.16. The summed E-state index contributed by atoms with van der Waals surface area (Å²) in [5.41, 5.74) is 5.64. The van der Waals surface area contributed by atoms with Gasteiger partial charge in [0.05, 0.1) is 17.5 Å². The minimum Gasteiger partial charge on any atom is -0.464 e. The van der Waals surface area contributed by atoms with Crippen molar-refractivity contribution in [3.63, 3.8) is 0 Å². The number of carbonyl (C=O) groups is 2. The van der Waals surface area contributed by atoms with Gasteiger partial charge in [-0.15, -0.1) is 0 Å². The van der Waals surface area contributed by atoms with Crippen molar-refractivity contribution in [3.05, 3.63) is 0 Å². The Morgan fingerprint density at radius 1 is 1.47 bits per heavy atom. The fourth-order valence-electron chi connectivity index (χ4n) is 2.39. The summed E-state index contributed by atoms with van der Waals surface area (Å²) in [5, 5.41) is 0. The molecule has 0 aromatic heterocycles. The van der Waals surface area contributed by atoms with E-state index < -0.39 is 12.0 Å². The number of rotatable bonds is 6. The lowest BCUT2D eigenvalue weighted by atomic mass is 10.0. The molecule has 1 heterocycles. The molecular formula is C13H22N2O3S. The Balaban J connectivity index is 2.78. The van der Waals surface area contributed by atoms with E-state index in [-0.39, 0.29) is 16.9 Å². The highest BCUT2D eigenvalue weighted by Gasteiger charge is 2.38. The standard InChI is InChI=1S/C13H22N2O3S/c1-3-6-9(11(14)19)12(16)15-8-5-7-10(15)13(17)18-4-2/h9-10H,3-8H2,1-2H3,(H2,14,19). The molecule has 0 aliphatic carbocycles. The highest BCUT2D eigenvalue weighted by molar-refractivity contribution is 7.80. The molecule has 0 aromatic carbocycles. The average Bonchev–Trinajstić information content (AvgIpc) is 2.84. The smallest absolute Gasteiger partial charge is 0.328 e. The van der Waals surface area contributed by atoms with Crippen molar-refractivity contribution in [1.29, 1.82) is 0 Å². The molecule has 1 aliphatic rings. The zero-order valence-corrected chi connectivity index (χ0v) is 12.4. The molecule has 0 aromatic rings. The van der Waals surface area contributed by atoms with Gasteiger partial charge in [-0.2, -0.15) is 0 Å². The van der Waals surface area contributed by atoms with Crippen molar-refractivity contribution in [2.45, 2.75) is 45.6 Å². The Bertz CT molecular complexity index is 360. The molecule has 1 saturated heterocycles. The van der Waals surface area contributed by atoms with E-state index in [1.807, 2.05) is 6.92 Å². The lowest BCUT2D eigenvalue weighted by Gasteiger charge is -2.27. The molecule has 1 amide bonds. The van der Waals surface area contributed by atoms with Crippen LogP contribution in [-0.2, 0) is 14.3 Å². The number of hydrogen-bond acceptors (Lipinski definition) is 4. The maximum Gasteiger partial charge on any atom is 0.328 e. The SMILES string of the molecule is CCCC(C(=O)N1CCCC1C(=O)OCC)C(N)=S. The highest BCUT2D eigenvalue weighted by atomic mass is 32.1. The van der Waals surface area contributed by atoms with Crippen molar-refractivity contribution >= 4 is 29.1 Å². The first-order valence-electron chi connectivity index (χ1n) is 6.79. The summed E-state index contributed by atoms with van der Waals surface area (Å²) in [7, 11) is 0. The molecule has 1 rings (SSSR count). The van der Waals surface area contributed by atoms with E-state index in [0.717, 1.165) is 12.8 Å². The monoisotopic (exact) mass is 286 g/mol. The van der Waals surface area contributed by atoms with Gasteiger partial charge in [0, 0.05) is 6.54 Å². The van der Waals surface area contributed by atoms with Crippen LogP contribution in [0.3, 0.4) is 0 Å². The van der Waals surface area contributed by atoms with Gasteiger partial charge < -0.3 is 15.4 Å². The first-order chi connectivity index (χ1) is 9.02. The van der Waals surface area contributed by atoms with Gasteiger partial charge in [0.2, 0.25) is 5.91 Å². The third kappa shape index (κ3) is 3.89. The number of ether oxygens (including phenoxy) is 1. The van der Waals surface area contributed by atoms with E-state index in [2.05, 4.69) is 0 Å². The van der Waals surface area contributed by atoms with Gasteiger partial charge in [-0.25, -0.2) is 4.79 Å². The molecule has 0 bridgehead atoms. The van der Waals surface area contributed by atoms with Gasteiger partial charge in [-0.3, -0.25) is 4.79 Å². The van der Waals surface area contributed by atoms with E-state index in [4.69, 9.17) is 22.7 Å². The molecule has 1 fully saturated rings. The number of hydrogen-bond donors (Lipinski definition) is 1. The molecule has 0 saturated carbocycles. The maximum atomic E-state index is 12.4. The van der Waals surface area contributed by atoms with Crippen molar-refractivity contribution in [1.82, 2.24) is 4.90 Å². The van der Waals surface area contributed by atoms with Crippen LogP contribution in [-0.4, -0.2) is 41.0 Å². The number of amides is 1. The van der Waals surface area contributed by atoms with E-state index in [1.54, 1.807) is 11.8 Å². The van der Waals surface area contributed by atoms with Crippen LogP contribution in [0.1, 0.15) is 39.5 Å². The topological polar surface area (TPSA) is 72.6 Å². The number of esters is 1. The number of nitrogens with two attached hydrogens (primary N) is 1. The van der Waals surface area contributed by atoms with E-state index >= 15 is 0 Å². The zero-order valence-electron chi connectivity index (χ0n) is 11.6. The molecule has 2 unspecified atom stereocenters. The summed E-state index contributed by atoms with van der Waals surface area (Å²) in [4.78, 5) is 26.1. The molecule has 2 atom stereocenters. The lowest BCUT2D eigenvalue weighted by Crippen LogP contribution is -2.46. The minimum atomic E-state index is -0.471. The van der Waals surface area contributed by atoms with Crippen molar-refractivity contribution in [2.75, 3.05) is 13.2 Å². The minimum absolute atomic E-state index is 0.134. The van der Waals surface area contributed by atoms with Gasteiger partial charge in [0.15, 0.2) is 0 Å². The summed E-state index contributed by atoms with van der Waals surface area (Å²) in [6.45, 7) is 4.63. The Labute approximate surface area is 119 Å². The van der Waals surface area contributed by atoms with Crippen molar-refractivity contribution < 1.29 is 14.3 Å².